The molecule has 0 aliphatic rings. The van der Waals surface area contributed by atoms with Crippen molar-refractivity contribution in [3.8, 4) is 17.2 Å². The molecule has 1 atom stereocenters. The molecular weight excluding hydrogens is 393 g/mol. The van der Waals surface area contributed by atoms with E-state index in [1.807, 2.05) is 0 Å². The fourth-order valence-corrected chi connectivity index (χ4v) is 4.75. The smallest absolute Gasteiger partial charge is 0.444 e. The van der Waals surface area contributed by atoms with E-state index in [0.717, 1.165) is 0 Å². The first-order chi connectivity index (χ1) is 14.0. The van der Waals surface area contributed by atoms with Crippen LogP contribution < -0.4 is 13.8 Å². The lowest BCUT2D eigenvalue weighted by atomic mass is 10.1. The van der Waals surface area contributed by atoms with Gasteiger partial charge in [-0.05, 0) is 42.0 Å². The number of hydrogen-bond acceptors (Lipinski definition) is 6. The zero-order valence-corrected chi connectivity index (χ0v) is 16.6. The molecule has 0 radical (unpaired) electrons. The summed E-state index contributed by atoms with van der Waals surface area (Å²) in [5.41, 5.74) is -0.665. The average molecular weight is 413 g/mol. The third-order valence-electron chi connectivity index (χ3n) is 4.16. The average Bonchev–Trinajstić information content (AvgIpc) is 2.73. The molecule has 0 amide bonds. The highest BCUT2D eigenvalue weighted by Crippen LogP contribution is 2.60. The second kappa shape index (κ2) is 9.26. The molecular formula is C21H20NO6P. The van der Waals surface area contributed by atoms with Crippen LogP contribution in [0.5, 0.6) is 17.2 Å². The van der Waals surface area contributed by atoms with Crippen LogP contribution in [0.1, 0.15) is 11.2 Å². The van der Waals surface area contributed by atoms with Crippen LogP contribution in [-0.4, -0.2) is 18.6 Å². The van der Waals surface area contributed by atoms with Crippen molar-refractivity contribution in [1.29, 1.82) is 0 Å². The second-order valence-corrected chi connectivity index (χ2v) is 8.22. The maximum Gasteiger partial charge on any atom is 0.444 e. The van der Waals surface area contributed by atoms with Crippen molar-refractivity contribution in [1.82, 2.24) is 0 Å². The van der Waals surface area contributed by atoms with Gasteiger partial charge in [0, 0.05) is 4.92 Å². The molecule has 3 aromatic rings. The summed E-state index contributed by atoms with van der Waals surface area (Å²) >= 11 is 0. The lowest BCUT2D eigenvalue weighted by Crippen LogP contribution is -2.18. The Bertz CT molecular complexity index is 934. The Kier molecular flexibility index (Phi) is 6.52. The summed E-state index contributed by atoms with van der Waals surface area (Å²) in [5, 5.41) is 11.4. The zero-order chi connectivity index (χ0) is 20.7. The van der Waals surface area contributed by atoms with Crippen molar-refractivity contribution in [3.63, 3.8) is 0 Å². The molecule has 0 aliphatic heterocycles. The predicted molar refractivity (Wildman–Crippen MR) is 109 cm³/mol. The van der Waals surface area contributed by atoms with Gasteiger partial charge in [-0.1, -0.05) is 48.5 Å². The van der Waals surface area contributed by atoms with Crippen molar-refractivity contribution in [2.45, 2.75) is 5.66 Å². The number of benzene rings is 3. The minimum absolute atomic E-state index is 0.300. The van der Waals surface area contributed by atoms with Crippen molar-refractivity contribution in [3.05, 3.63) is 101 Å². The van der Waals surface area contributed by atoms with E-state index in [1.54, 1.807) is 84.9 Å². The molecule has 0 aromatic heterocycles. The van der Waals surface area contributed by atoms with E-state index in [1.165, 1.54) is 7.11 Å². The summed E-state index contributed by atoms with van der Waals surface area (Å²) in [6, 6.07) is 23.5. The normalized spacial score (nSPS) is 12.0. The summed E-state index contributed by atoms with van der Waals surface area (Å²) in [4.78, 5) is 10.9. The van der Waals surface area contributed by atoms with Crippen LogP contribution >= 0.6 is 7.60 Å². The van der Waals surface area contributed by atoms with Gasteiger partial charge in [-0.3, -0.25) is 10.1 Å². The van der Waals surface area contributed by atoms with Gasteiger partial charge in [0.15, 0.2) is 5.66 Å². The van der Waals surface area contributed by atoms with Gasteiger partial charge in [-0.15, -0.1) is 0 Å². The molecule has 0 aliphatic carbocycles. The van der Waals surface area contributed by atoms with Crippen LogP contribution in [0, 0.1) is 10.1 Å². The number of methoxy groups -OCH3 is 1. The van der Waals surface area contributed by atoms with Crippen molar-refractivity contribution in [2.24, 2.45) is 0 Å². The van der Waals surface area contributed by atoms with Gasteiger partial charge < -0.3 is 13.8 Å². The number of rotatable bonds is 9. The van der Waals surface area contributed by atoms with E-state index in [4.69, 9.17) is 13.8 Å². The van der Waals surface area contributed by atoms with E-state index in [2.05, 4.69) is 0 Å². The van der Waals surface area contributed by atoms with Crippen LogP contribution in [0.25, 0.3) is 0 Å². The third-order valence-corrected chi connectivity index (χ3v) is 6.31. The summed E-state index contributed by atoms with van der Waals surface area (Å²) in [5.74, 6) is 1.18. The molecule has 0 N–H and O–H groups in total. The SMILES string of the molecule is COc1ccc(C(C[N+](=O)[O-])P(=O)(Oc2ccccc2)Oc2ccccc2)cc1. The van der Waals surface area contributed by atoms with E-state index in [9.17, 15) is 14.7 Å². The molecule has 7 nitrogen and oxygen atoms in total. The van der Waals surface area contributed by atoms with E-state index in [0.29, 0.717) is 22.8 Å². The molecule has 1 unspecified atom stereocenters. The summed E-state index contributed by atoms with van der Waals surface area (Å²) in [6.45, 7) is -0.622. The van der Waals surface area contributed by atoms with Gasteiger partial charge in [0.1, 0.15) is 17.2 Å². The molecule has 150 valence electrons. The Balaban J connectivity index is 2.05. The number of nitrogens with zero attached hydrogens (tertiary/aromatic N) is 1. The predicted octanol–water partition coefficient (Wildman–Crippen LogP) is 5.36. The highest BCUT2D eigenvalue weighted by molar-refractivity contribution is 7.55. The molecule has 8 heteroatoms. The molecule has 0 fully saturated rings. The molecule has 3 rings (SSSR count). The quantitative estimate of drug-likeness (QED) is 0.266. The highest BCUT2D eigenvalue weighted by atomic mass is 31.2. The van der Waals surface area contributed by atoms with E-state index >= 15 is 0 Å². The first kappa shape index (κ1) is 20.4. The Hall–Kier alpha value is -3.31. The van der Waals surface area contributed by atoms with Crippen LogP contribution in [0.4, 0.5) is 0 Å². The molecule has 0 heterocycles. The van der Waals surface area contributed by atoms with Gasteiger partial charge >= 0.3 is 7.60 Å². The highest BCUT2D eigenvalue weighted by Gasteiger charge is 2.44. The Morgan fingerprint density at radius 2 is 1.31 bits per heavy atom. The monoisotopic (exact) mass is 413 g/mol. The Labute approximate surface area is 168 Å². The summed E-state index contributed by atoms with van der Waals surface area (Å²) < 4.78 is 30.7. The van der Waals surface area contributed by atoms with E-state index < -0.39 is 24.7 Å². The van der Waals surface area contributed by atoms with Crippen LogP contribution in [0.3, 0.4) is 0 Å². The maximum atomic E-state index is 14.0. The van der Waals surface area contributed by atoms with Crippen LogP contribution in [-0.2, 0) is 4.57 Å². The minimum atomic E-state index is -4.06. The number of ether oxygens (including phenoxy) is 1. The lowest BCUT2D eigenvalue weighted by Gasteiger charge is -2.25. The Morgan fingerprint density at radius 1 is 0.828 bits per heavy atom. The van der Waals surface area contributed by atoms with Gasteiger partial charge in [-0.25, -0.2) is 4.57 Å². The van der Waals surface area contributed by atoms with Gasteiger partial charge in [0.05, 0.1) is 7.11 Å². The zero-order valence-electron chi connectivity index (χ0n) is 15.7. The third kappa shape index (κ3) is 5.36. The molecule has 0 saturated carbocycles. The first-order valence-corrected chi connectivity index (χ1v) is 10.5. The minimum Gasteiger partial charge on any atom is -0.497 e. The standard InChI is InChI=1S/C21H20NO6P/c1-26-18-14-12-17(13-15-18)21(16-22(23)24)29(25,27-19-8-4-2-5-9-19)28-20-10-6-3-7-11-20/h2-15,21H,16H2,1H3. The topological polar surface area (TPSA) is 87.9 Å². The van der Waals surface area contributed by atoms with Gasteiger partial charge in [-0.2, -0.15) is 0 Å². The summed E-state index contributed by atoms with van der Waals surface area (Å²) in [7, 11) is -2.54. The fourth-order valence-electron chi connectivity index (χ4n) is 2.76. The van der Waals surface area contributed by atoms with Crippen molar-refractivity contribution >= 4 is 7.60 Å². The van der Waals surface area contributed by atoms with Gasteiger partial charge in [0.2, 0.25) is 6.54 Å². The van der Waals surface area contributed by atoms with Gasteiger partial charge in [0.25, 0.3) is 0 Å². The molecule has 0 bridgehead atoms. The molecule has 0 spiro atoms. The molecule has 0 saturated heterocycles. The lowest BCUT2D eigenvalue weighted by molar-refractivity contribution is -0.480. The number of para-hydroxylation sites is 2. The van der Waals surface area contributed by atoms with Crippen molar-refractivity contribution < 1.29 is 23.3 Å². The molecule has 3 aromatic carbocycles. The fraction of sp³-hybridized carbons (Fsp3) is 0.143. The maximum absolute atomic E-state index is 14.0. The van der Waals surface area contributed by atoms with Crippen molar-refractivity contribution in [2.75, 3.05) is 13.7 Å². The Morgan fingerprint density at radius 3 is 1.72 bits per heavy atom. The second-order valence-electron chi connectivity index (χ2n) is 6.15. The van der Waals surface area contributed by atoms with Crippen LogP contribution in [0.15, 0.2) is 84.9 Å². The first-order valence-electron chi connectivity index (χ1n) is 8.85. The summed E-state index contributed by atoms with van der Waals surface area (Å²) in [6.07, 6.45) is 0. The van der Waals surface area contributed by atoms with E-state index in [-0.39, 0.29) is 0 Å². The number of nitro groups is 1. The van der Waals surface area contributed by atoms with Crippen LogP contribution in [0.2, 0.25) is 0 Å². The largest absolute Gasteiger partial charge is 0.497 e. The number of hydrogen-bond donors (Lipinski definition) is 0. The molecule has 29 heavy (non-hydrogen) atoms.